The Kier molecular flexibility index (Phi) is 5.17. The number of nitrogen functional groups attached to an aromatic ring is 1. The van der Waals surface area contributed by atoms with Gasteiger partial charge < -0.3 is 15.8 Å². The second kappa shape index (κ2) is 6.64. The molecule has 3 N–H and O–H groups in total. The third-order valence-electron chi connectivity index (χ3n) is 2.34. The molecule has 0 bridgehead atoms. The topological polar surface area (TPSA) is 81.4 Å². The van der Waals surface area contributed by atoms with E-state index < -0.39 is 12.0 Å². The molecule has 0 aliphatic heterocycles. The Labute approximate surface area is 106 Å². The fraction of sp³-hybridized carbons (Fsp3) is 0.385. The molecule has 0 aliphatic rings. The van der Waals surface area contributed by atoms with Crippen molar-refractivity contribution in [3.63, 3.8) is 0 Å². The minimum Gasteiger partial charge on any atom is -0.464 e. The van der Waals surface area contributed by atoms with E-state index in [-0.39, 0.29) is 12.5 Å². The SMILES string of the molecule is CCOC(=O)[C@H](Cc1cccc(N)c1)NC(C)=O. The Morgan fingerprint density at radius 1 is 1.44 bits per heavy atom. The van der Waals surface area contributed by atoms with Crippen LogP contribution in [0.25, 0.3) is 0 Å². The van der Waals surface area contributed by atoms with Gasteiger partial charge in [-0.05, 0) is 24.6 Å². The van der Waals surface area contributed by atoms with Crippen LogP contribution in [0.2, 0.25) is 0 Å². The van der Waals surface area contributed by atoms with E-state index in [2.05, 4.69) is 5.32 Å². The molecule has 18 heavy (non-hydrogen) atoms. The first kappa shape index (κ1) is 14.0. The molecule has 1 atom stereocenters. The van der Waals surface area contributed by atoms with Crippen LogP contribution in [0.3, 0.4) is 0 Å². The lowest BCUT2D eigenvalue weighted by atomic mass is 10.1. The summed E-state index contributed by atoms with van der Waals surface area (Å²) in [6.07, 6.45) is 0.365. The quantitative estimate of drug-likeness (QED) is 0.600. The largest absolute Gasteiger partial charge is 0.464 e. The van der Waals surface area contributed by atoms with Crippen molar-refractivity contribution in [2.45, 2.75) is 26.3 Å². The van der Waals surface area contributed by atoms with Crippen LogP contribution in [0.15, 0.2) is 24.3 Å². The number of esters is 1. The van der Waals surface area contributed by atoms with E-state index in [1.165, 1.54) is 6.92 Å². The molecule has 0 aliphatic carbocycles. The minimum atomic E-state index is -0.677. The summed E-state index contributed by atoms with van der Waals surface area (Å²) in [5.41, 5.74) is 7.17. The molecule has 1 amide bonds. The van der Waals surface area contributed by atoms with Gasteiger partial charge in [0.2, 0.25) is 5.91 Å². The summed E-state index contributed by atoms with van der Waals surface area (Å²) >= 11 is 0. The zero-order valence-electron chi connectivity index (χ0n) is 10.6. The third kappa shape index (κ3) is 4.45. The highest BCUT2D eigenvalue weighted by Gasteiger charge is 2.21. The van der Waals surface area contributed by atoms with Crippen molar-refractivity contribution in [1.82, 2.24) is 5.32 Å². The molecule has 0 heterocycles. The Hall–Kier alpha value is -2.04. The zero-order chi connectivity index (χ0) is 13.5. The standard InChI is InChI=1S/C13H18N2O3/c1-3-18-13(17)12(15-9(2)16)8-10-5-4-6-11(14)7-10/h4-7,12H,3,8,14H2,1-2H3,(H,15,16)/t12-/m0/s1. The summed E-state index contributed by atoms with van der Waals surface area (Å²) in [6, 6.07) is 6.52. The lowest BCUT2D eigenvalue weighted by molar-refractivity contribution is -0.147. The van der Waals surface area contributed by atoms with Crippen molar-refractivity contribution in [1.29, 1.82) is 0 Å². The van der Waals surface area contributed by atoms with E-state index in [0.717, 1.165) is 5.56 Å². The number of hydrogen-bond acceptors (Lipinski definition) is 4. The summed E-state index contributed by atoms with van der Waals surface area (Å²) < 4.78 is 4.92. The Morgan fingerprint density at radius 2 is 2.17 bits per heavy atom. The molecule has 0 saturated heterocycles. The fourth-order valence-corrected chi connectivity index (χ4v) is 1.64. The molecule has 5 nitrogen and oxygen atoms in total. The molecule has 5 heteroatoms. The van der Waals surface area contributed by atoms with Gasteiger partial charge in [-0.2, -0.15) is 0 Å². The van der Waals surface area contributed by atoms with E-state index in [1.807, 2.05) is 6.07 Å². The number of anilines is 1. The number of nitrogens with one attached hydrogen (secondary N) is 1. The van der Waals surface area contributed by atoms with Gasteiger partial charge in [-0.3, -0.25) is 4.79 Å². The number of carbonyl (C=O) groups excluding carboxylic acids is 2. The van der Waals surface area contributed by atoms with Crippen molar-refractivity contribution >= 4 is 17.6 Å². The summed E-state index contributed by atoms with van der Waals surface area (Å²) in [6.45, 7) is 3.38. The first-order chi connectivity index (χ1) is 8.52. The molecular formula is C13H18N2O3. The zero-order valence-corrected chi connectivity index (χ0v) is 10.6. The van der Waals surface area contributed by atoms with Crippen LogP contribution in [0.4, 0.5) is 5.69 Å². The van der Waals surface area contributed by atoms with Crippen LogP contribution in [-0.4, -0.2) is 24.5 Å². The number of carbonyl (C=O) groups is 2. The molecular weight excluding hydrogens is 232 g/mol. The van der Waals surface area contributed by atoms with Crippen molar-refractivity contribution < 1.29 is 14.3 Å². The van der Waals surface area contributed by atoms with Gasteiger partial charge in [-0.25, -0.2) is 4.79 Å². The van der Waals surface area contributed by atoms with E-state index >= 15 is 0 Å². The molecule has 98 valence electrons. The Morgan fingerprint density at radius 3 is 2.72 bits per heavy atom. The highest BCUT2D eigenvalue weighted by molar-refractivity contribution is 5.83. The van der Waals surface area contributed by atoms with Crippen LogP contribution < -0.4 is 11.1 Å². The van der Waals surface area contributed by atoms with Crippen LogP contribution >= 0.6 is 0 Å². The maximum absolute atomic E-state index is 11.7. The Balaban J connectivity index is 2.77. The highest BCUT2D eigenvalue weighted by Crippen LogP contribution is 2.09. The number of rotatable bonds is 5. The van der Waals surface area contributed by atoms with E-state index in [9.17, 15) is 9.59 Å². The second-order valence-electron chi connectivity index (χ2n) is 3.95. The predicted octanol–water partition coefficient (Wildman–Crippen LogP) is 0.879. The molecule has 0 saturated carbocycles. The smallest absolute Gasteiger partial charge is 0.328 e. The van der Waals surface area contributed by atoms with E-state index in [4.69, 9.17) is 10.5 Å². The minimum absolute atomic E-state index is 0.267. The normalized spacial score (nSPS) is 11.7. The average molecular weight is 250 g/mol. The number of amides is 1. The molecule has 1 aromatic carbocycles. The van der Waals surface area contributed by atoms with Crippen molar-refractivity contribution in [2.24, 2.45) is 0 Å². The lowest BCUT2D eigenvalue weighted by Crippen LogP contribution is -2.42. The van der Waals surface area contributed by atoms with Crippen molar-refractivity contribution in [3.8, 4) is 0 Å². The van der Waals surface area contributed by atoms with Gasteiger partial charge in [0.25, 0.3) is 0 Å². The van der Waals surface area contributed by atoms with Crippen LogP contribution in [0.1, 0.15) is 19.4 Å². The van der Waals surface area contributed by atoms with Crippen molar-refractivity contribution in [2.75, 3.05) is 12.3 Å². The monoisotopic (exact) mass is 250 g/mol. The van der Waals surface area contributed by atoms with Gasteiger partial charge in [0, 0.05) is 19.0 Å². The van der Waals surface area contributed by atoms with E-state index in [0.29, 0.717) is 12.1 Å². The molecule has 0 spiro atoms. The Bertz CT molecular complexity index is 432. The van der Waals surface area contributed by atoms with Crippen molar-refractivity contribution in [3.05, 3.63) is 29.8 Å². The van der Waals surface area contributed by atoms with Gasteiger partial charge in [-0.1, -0.05) is 12.1 Å². The summed E-state index contributed by atoms with van der Waals surface area (Å²) in [5.74, 6) is -0.702. The molecule has 0 fully saturated rings. The summed E-state index contributed by atoms with van der Waals surface area (Å²) in [5, 5.41) is 2.58. The first-order valence-corrected chi connectivity index (χ1v) is 5.81. The number of hydrogen-bond donors (Lipinski definition) is 2. The second-order valence-corrected chi connectivity index (χ2v) is 3.95. The van der Waals surface area contributed by atoms with Gasteiger partial charge in [0.1, 0.15) is 6.04 Å². The predicted molar refractivity (Wildman–Crippen MR) is 68.8 cm³/mol. The molecule has 0 aromatic heterocycles. The van der Waals surface area contributed by atoms with Crippen LogP contribution in [0, 0.1) is 0 Å². The lowest BCUT2D eigenvalue weighted by Gasteiger charge is -2.16. The van der Waals surface area contributed by atoms with E-state index in [1.54, 1.807) is 25.1 Å². The van der Waals surface area contributed by atoms with Crippen LogP contribution in [0.5, 0.6) is 0 Å². The number of benzene rings is 1. The summed E-state index contributed by atoms with van der Waals surface area (Å²) in [4.78, 5) is 22.8. The maximum Gasteiger partial charge on any atom is 0.328 e. The number of nitrogens with two attached hydrogens (primary N) is 1. The average Bonchev–Trinajstić information content (AvgIpc) is 2.28. The van der Waals surface area contributed by atoms with Gasteiger partial charge in [0.15, 0.2) is 0 Å². The first-order valence-electron chi connectivity index (χ1n) is 5.81. The summed E-state index contributed by atoms with van der Waals surface area (Å²) in [7, 11) is 0. The maximum atomic E-state index is 11.7. The van der Waals surface area contributed by atoms with Gasteiger partial charge in [0.05, 0.1) is 6.61 Å². The third-order valence-corrected chi connectivity index (χ3v) is 2.34. The molecule has 0 radical (unpaired) electrons. The van der Waals surface area contributed by atoms with Crippen LogP contribution in [-0.2, 0) is 20.7 Å². The fourth-order valence-electron chi connectivity index (χ4n) is 1.64. The molecule has 1 rings (SSSR count). The van der Waals surface area contributed by atoms with Gasteiger partial charge >= 0.3 is 5.97 Å². The number of ether oxygens (including phenoxy) is 1. The molecule has 1 aromatic rings. The highest BCUT2D eigenvalue weighted by atomic mass is 16.5. The van der Waals surface area contributed by atoms with Gasteiger partial charge in [-0.15, -0.1) is 0 Å². The molecule has 0 unspecified atom stereocenters.